The molecule has 34 heavy (non-hydrogen) atoms. The minimum atomic E-state index is -1.42. The number of methoxy groups -OCH3 is 1. The normalized spacial score (nSPS) is 19.5. The summed E-state index contributed by atoms with van der Waals surface area (Å²) < 4.78 is 20.2. The molecular weight excluding hydrogens is 457 g/mol. The third-order valence-electron chi connectivity index (χ3n) is 6.60. The van der Waals surface area contributed by atoms with Crippen molar-refractivity contribution in [1.29, 1.82) is 0 Å². The van der Waals surface area contributed by atoms with Crippen LogP contribution in [0.15, 0.2) is 18.2 Å². The maximum atomic E-state index is 15.1. The Balaban J connectivity index is 2.22. The Hall–Kier alpha value is -1.41. The predicted octanol–water partition coefficient (Wildman–Crippen LogP) is 4.93. The van der Waals surface area contributed by atoms with Crippen molar-refractivity contribution in [3.8, 4) is 0 Å². The molecule has 1 fully saturated rings. The average molecular weight is 500 g/mol. The van der Waals surface area contributed by atoms with Gasteiger partial charge < -0.3 is 25.4 Å². The molecule has 194 valence electrons. The lowest BCUT2D eigenvalue weighted by molar-refractivity contribution is -0.0587. The van der Waals surface area contributed by atoms with Gasteiger partial charge in [0, 0.05) is 50.9 Å². The SMILES string of the molecule is CNCC(CC(C)(C)C)NC(=O)N1CCC[C@@H]([C@](O)(CCCCOC)c2cccc(Cl)c2F)C1. The van der Waals surface area contributed by atoms with E-state index in [1.165, 1.54) is 6.07 Å². The Morgan fingerprint density at radius 1 is 1.35 bits per heavy atom. The number of piperidine rings is 1. The van der Waals surface area contributed by atoms with E-state index in [1.807, 2.05) is 7.05 Å². The number of nitrogens with one attached hydrogen (secondary N) is 2. The Morgan fingerprint density at radius 2 is 2.09 bits per heavy atom. The molecule has 3 N–H and O–H groups in total. The summed E-state index contributed by atoms with van der Waals surface area (Å²) in [5, 5.41) is 18.2. The summed E-state index contributed by atoms with van der Waals surface area (Å²) in [4.78, 5) is 15.0. The Bertz CT molecular complexity index is 789. The highest BCUT2D eigenvalue weighted by Crippen LogP contribution is 2.42. The van der Waals surface area contributed by atoms with E-state index in [9.17, 15) is 9.90 Å². The zero-order chi connectivity index (χ0) is 25.4. The fourth-order valence-electron chi connectivity index (χ4n) is 5.01. The van der Waals surface area contributed by atoms with Crippen molar-refractivity contribution >= 4 is 17.6 Å². The van der Waals surface area contributed by atoms with Gasteiger partial charge in [0.25, 0.3) is 0 Å². The molecule has 2 amide bonds. The van der Waals surface area contributed by atoms with Gasteiger partial charge in [-0.3, -0.25) is 0 Å². The van der Waals surface area contributed by atoms with Gasteiger partial charge in [0.1, 0.15) is 5.82 Å². The zero-order valence-electron chi connectivity index (χ0n) is 21.4. The molecule has 1 aliphatic rings. The van der Waals surface area contributed by atoms with Gasteiger partial charge >= 0.3 is 6.03 Å². The molecule has 2 rings (SSSR count). The first-order valence-electron chi connectivity index (χ1n) is 12.4. The van der Waals surface area contributed by atoms with Gasteiger partial charge in [-0.05, 0) is 57.1 Å². The Labute approximate surface area is 209 Å². The maximum absolute atomic E-state index is 15.1. The summed E-state index contributed by atoms with van der Waals surface area (Å²) in [5.74, 6) is -0.882. The standard InChI is InChI=1S/C26H43ClFN3O3/c1-25(2,3)16-20(17-29-4)30-24(32)31-14-9-10-19(18-31)26(33,13-6-7-15-34-5)21-11-8-12-22(27)23(21)28/h8,11-12,19-20,29,33H,6-7,9-10,13-18H2,1-5H3,(H,30,32)/t19-,20?,26-/m1/s1. The molecule has 1 aliphatic heterocycles. The number of likely N-dealkylation sites (tertiary alicyclic amines) is 1. The number of hydrogen-bond donors (Lipinski definition) is 3. The smallest absolute Gasteiger partial charge is 0.317 e. The van der Waals surface area contributed by atoms with Crippen molar-refractivity contribution in [3.63, 3.8) is 0 Å². The predicted molar refractivity (Wildman–Crippen MR) is 136 cm³/mol. The van der Waals surface area contributed by atoms with Gasteiger partial charge in [0.05, 0.1) is 10.6 Å². The number of carbonyl (C=O) groups excluding carboxylic acids is 1. The second-order valence-corrected chi connectivity index (χ2v) is 11.1. The number of unbranched alkanes of at least 4 members (excludes halogenated alkanes) is 1. The van der Waals surface area contributed by atoms with E-state index in [1.54, 1.807) is 24.1 Å². The summed E-state index contributed by atoms with van der Waals surface area (Å²) in [7, 11) is 3.52. The van der Waals surface area contributed by atoms with Crippen molar-refractivity contribution in [2.45, 2.75) is 70.9 Å². The van der Waals surface area contributed by atoms with E-state index in [2.05, 4.69) is 31.4 Å². The highest BCUT2D eigenvalue weighted by molar-refractivity contribution is 6.30. The molecule has 0 aliphatic carbocycles. The van der Waals surface area contributed by atoms with E-state index in [4.69, 9.17) is 16.3 Å². The molecule has 1 saturated heterocycles. The minimum absolute atomic E-state index is 0.00354. The molecule has 6 nitrogen and oxygen atoms in total. The summed E-state index contributed by atoms with van der Waals surface area (Å²) in [6, 6.07) is 4.63. The molecular formula is C26H43ClFN3O3. The van der Waals surface area contributed by atoms with Gasteiger partial charge in [0.15, 0.2) is 0 Å². The number of halogens is 2. The van der Waals surface area contributed by atoms with Crippen molar-refractivity contribution in [2.24, 2.45) is 11.3 Å². The van der Waals surface area contributed by atoms with Crippen molar-refractivity contribution in [3.05, 3.63) is 34.6 Å². The van der Waals surface area contributed by atoms with E-state index in [-0.39, 0.29) is 34.0 Å². The number of benzene rings is 1. The third kappa shape index (κ3) is 8.08. The number of likely N-dealkylation sites (N-methyl/N-ethyl adjacent to an activating group) is 1. The number of nitrogens with zero attached hydrogens (tertiary/aromatic N) is 1. The summed E-state index contributed by atoms with van der Waals surface area (Å²) in [6.07, 6.45) is 4.11. The number of ether oxygens (including phenoxy) is 1. The monoisotopic (exact) mass is 499 g/mol. The Kier molecular flexibility index (Phi) is 11.1. The number of rotatable bonds is 11. The van der Waals surface area contributed by atoms with Crippen LogP contribution in [-0.4, -0.2) is 62.5 Å². The lowest BCUT2D eigenvalue weighted by Crippen LogP contribution is -2.54. The highest BCUT2D eigenvalue weighted by atomic mass is 35.5. The molecule has 1 aromatic carbocycles. The summed E-state index contributed by atoms with van der Waals surface area (Å²) >= 11 is 6.07. The first-order chi connectivity index (χ1) is 16.0. The van der Waals surface area contributed by atoms with Crippen LogP contribution in [0.3, 0.4) is 0 Å². The van der Waals surface area contributed by atoms with E-state index in [0.717, 1.165) is 19.3 Å². The minimum Gasteiger partial charge on any atom is -0.385 e. The quantitative estimate of drug-likeness (QED) is 0.377. The molecule has 0 bridgehead atoms. The van der Waals surface area contributed by atoms with E-state index < -0.39 is 11.4 Å². The maximum Gasteiger partial charge on any atom is 0.317 e. The summed E-state index contributed by atoms with van der Waals surface area (Å²) in [5.41, 5.74) is -1.13. The van der Waals surface area contributed by atoms with Gasteiger partial charge in [0.2, 0.25) is 0 Å². The average Bonchev–Trinajstić information content (AvgIpc) is 2.77. The molecule has 3 atom stereocenters. The molecule has 0 spiro atoms. The van der Waals surface area contributed by atoms with Crippen LogP contribution in [0.5, 0.6) is 0 Å². The molecule has 0 aromatic heterocycles. The first-order valence-corrected chi connectivity index (χ1v) is 12.8. The molecule has 1 unspecified atom stereocenters. The van der Waals surface area contributed by atoms with Crippen molar-refractivity contribution in [1.82, 2.24) is 15.5 Å². The number of carbonyl (C=O) groups is 1. The van der Waals surface area contributed by atoms with Crippen LogP contribution in [-0.2, 0) is 10.3 Å². The van der Waals surface area contributed by atoms with Crippen LogP contribution in [0, 0.1) is 17.2 Å². The van der Waals surface area contributed by atoms with Crippen molar-refractivity contribution in [2.75, 3.05) is 40.4 Å². The van der Waals surface area contributed by atoms with Gasteiger partial charge in [-0.1, -0.05) is 44.5 Å². The van der Waals surface area contributed by atoms with Crippen LogP contribution >= 0.6 is 11.6 Å². The molecule has 0 saturated carbocycles. The van der Waals surface area contributed by atoms with Crippen LogP contribution in [0.4, 0.5) is 9.18 Å². The largest absolute Gasteiger partial charge is 0.385 e. The molecule has 1 heterocycles. The van der Waals surface area contributed by atoms with E-state index >= 15 is 4.39 Å². The van der Waals surface area contributed by atoms with Crippen LogP contribution in [0.1, 0.15) is 64.9 Å². The lowest BCUT2D eigenvalue weighted by Gasteiger charge is -2.43. The fourth-order valence-corrected chi connectivity index (χ4v) is 5.19. The second-order valence-electron chi connectivity index (χ2n) is 10.7. The summed E-state index contributed by atoms with van der Waals surface area (Å²) in [6.45, 7) is 8.69. The lowest BCUT2D eigenvalue weighted by atomic mass is 9.74. The first kappa shape index (κ1) is 28.8. The molecule has 1 aromatic rings. The highest BCUT2D eigenvalue weighted by Gasteiger charge is 2.43. The van der Waals surface area contributed by atoms with E-state index in [0.29, 0.717) is 45.5 Å². The van der Waals surface area contributed by atoms with Gasteiger partial charge in [-0.15, -0.1) is 0 Å². The van der Waals surface area contributed by atoms with Crippen LogP contribution in [0.25, 0.3) is 0 Å². The number of amides is 2. The third-order valence-corrected chi connectivity index (χ3v) is 6.89. The fraction of sp³-hybridized carbons (Fsp3) is 0.731. The number of aliphatic hydroxyl groups is 1. The topological polar surface area (TPSA) is 73.8 Å². The van der Waals surface area contributed by atoms with Crippen LogP contribution in [0.2, 0.25) is 5.02 Å². The van der Waals surface area contributed by atoms with Crippen LogP contribution < -0.4 is 10.6 Å². The molecule has 8 heteroatoms. The van der Waals surface area contributed by atoms with Gasteiger partial charge in [-0.2, -0.15) is 0 Å². The second kappa shape index (κ2) is 13.1. The zero-order valence-corrected chi connectivity index (χ0v) is 22.2. The number of hydrogen-bond acceptors (Lipinski definition) is 4. The number of urea groups is 1. The van der Waals surface area contributed by atoms with Crippen molar-refractivity contribution < 1.29 is 19.0 Å². The molecule has 0 radical (unpaired) electrons. The Morgan fingerprint density at radius 3 is 2.74 bits per heavy atom. The van der Waals surface area contributed by atoms with Gasteiger partial charge in [-0.25, -0.2) is 9.18 Å².